The van der Waals surface area contributed by atoms with Crippen molar-refractivity contribution in [2.45, 2.75) is 13.3 Å². The van der Waals surface area contributed by atoms with Crippen molar-refractivity contribution in [3.63, 3.8) is 0 Å². The van der Waals surface area contributed by atoms with Gasteiger partial charge in [-0.1, -0.05) is 29.8 Å². The summed E-state index contributed by atoms with van der Waals surface area (Å²) in [4.78, 5) is 28.4. The molecule has 0 aliphatic rings. The van der Waals surface area contributed by atoms with Crippen LogP contribution in [-0.2, 0) is 20.7 Å². The van der Waals surface area contributed by atoms with Crippen LogP contribution in [0.15, 0.2) is 52.3 Å². The van der Waals surface area contributed by atoms with Crippen LogP contribution in [0.25, 0.3) is 10.6 Å². The van der Waals surface area contributed by atoms with E-state index < -0.39 is 11.9 Å². The average molecular weight is 480 g/mol. The van der Waals surface area contributed by atoms with Crippen molar-refractivity contribution in [1.29, 1.82) is 0 Å². The normalized spacial score (nSPS) is 10.5. The molecule has 3 aromatic rings. The summed E-state index contributed by atoms with van der Waals surface area (Å²) in [6.45, 7) is 1.60. The maximum Gasteiger partial charge on any atom is 0.312 e. The summed E-state index contributed by atoms with van der Waals surface area (Å²) in [7, 11) is 0. The smallest absolute Gasteiger partial charge is 0.312 e. The predicted molar refractivity (Wildman–Crippen MR) is 115 cm³/mol. The van der Waals surface area contributed by atoms with E-state index in [-0.39, 0.29) is 13.0 Å². The Balaban J connectivity index is 1.51. The van der Waals surface area contributed by atoms with Crippen molar-refractivity contribution >= 4 is 56.4 Å². The fraction of sp³-hybridized carbons (Fsp3) is 0.150. The van der Waals surface area contributed by atoms with E-state index in [0.29, 0.717) is 16.4 Å². The Hall–Kier alpha value is -2.22. The van der Waals surface area contributed by atoms with E-state index in [4.69, 9.17) is 16.3 Å². The molecule has 1 N–H and O–H groups in total. The molecule has 5 nitrogen and oxygen atoms in total. The fourth-order valence-corrected chi connectivity index (χ4v) is 3.99. The lowest BCUT2D eigenvalue weighted by Gasteiger charge is -2.08. The van der Waals surface area contributed by atoms with Crippen molar-refractivity contribution in [3.05, 3.63) is 68.6 Å². The van der Waals surface area contributed by atoms with Gasteiger partial charge in [-0.25, -0.2) is 4.98 Å². The number of aromatic nitrogens is 1. The molecule has 1 heterocycles. The second-order valence-electron chi connectivity index (χ2n) is 6.02. The first-order valence-corrected chi connectivity index (χ1v) is 10.4. The molecule has 2 aromatic carbocycles. The van der Waals surface area contributed by atoms with Gasteiger partial charge in [0.2, 0.25) is 0 Å². The average Bonchev–Trinajstić information content (AvgIpc) is 3.11. The number of ether oxygens (including phenoxy) is 1. The molecule has 0 atom stereocenters. The molecule has 0 saturated carbocycles. The number of hydrogen-bond acceptors (Lipinski definition) is 5. The second kappa shape index (κ2) is 9.32. The maximum atomic E-state index is 12.0. The van der Waals surface area contributed by atoms with Gasteiger partial charge in [-0.3, -0.25) is 9.59 Å². The van der Waals surface area contributed by atoms with Gasteiger partial charge in [0.1, 0.15) is 5.01 Å². The Labute approximate surface area is 179 Å². The lowest BCUT2D eigenvalue weighted by molar-refractivity contribution is -0.146. The highest BCUT2D eigenvalue weighted by Gasteiger charge is 2.13. The number of carbonyl (C=O) groups excluding carboxylic acids is 2. The highest BCUT2D eigenvalue weighted by atomic mass is 79.9. The van der Waals surface area contributed by atoms with Gasteiger partial charge < -0.3 is 10.1 Å². The molecule has 0 aliphatic heterocycles. The summed E-state index contributed by atoms with van der Waals surface area (Å²) in [6, 6.07) is 12.9. The van der Waals surface area contributed by atoms with Crippen LogP contribution in [0.3, 0.4) is 0 Å². The van der Waals surface area contributed by atoms with Gasteiger partial charge in [-0.15, -0.1) is 11.3 Å². The molecule has 0 aliphatic carbocycles. The molecule has 28 heavy (non-hydrogen) atoms. The van der Waals surface area contributed by atoms with Gasteiger partial charge in [0.25, 0.3) is 5.91 Å². The van der Waals surface area contributed by atoms with E-state index in [1.54, 1.807) is 17.5 Å². The molecule has 3 rings (SSSR count). The lowest BCUT2D eigenvalue weighted by atomic mass is 10.2. The van der Waals surface area contributed by atoms with Crippen molar-refractivity contribution in [3.8, 4) is 10.6 Å². The first kappa shape index (κ1) is 20.5. The zero-order chi connectivity index (χ0) is 20.1. The molecule has 8 heteroatoms. The number of nitrogens with one attached hydrogen (secondary N) is 1. The van der Waals surface area contributed by atoms with Crippen molar-refractivity contribution in [2.24, 2.45) is 0 Å². The zero-order valence-electron chi connectivity index (χ0n) is 14.9. The minimum atomic E-state index is -0.513. The summed E-state index contributed by atoms with van der Waals surface area (Å²) in [6.07, 6.45) is -0.00142. The monoisotopic (exact) mass is 478 g/mol. The molecule has 0 radical (unpaired) electrons. The Morgan fingerprint density at radius 3 is 2.82 bits per heavy atom. The molecular weight excluding hydrogens is 464 g/mol. The molecule has 1 amide bonds. The third-order valence-electron chi connectivity index (χ3n) is 3.71. The Bertz CT molecular complexity index is 1020. The molecule has 0 unspecified atom stereocenters. The van der Waals surface area contributed by atoms with Gasteiger partial charge in [-0.2, -0.15) is 0 Å². The van der Waals surface area contributed by atoms with Crippen LogP contribution in [0.5, 0.6) is 0 Å². The molecular formula is C20H16BrClN2O3S. The summed E-state index contributed by atoms with van der Waals surface area (Å²) in [5, 5.41) is 5.89. The zero-order valence-corrected chi connectivity index (χ0v) is 18.0. The first-order chi connectivity index (χ1) is 13.4. The van der Waals surface area contributed by atoms with Crippen molar-refractivity contribution in [1.82, 2.24) is 4.98 Å². The molecule has 1 aromatic heterocycles. The van der Waals surface area contributed by atoms with E-state index in [2.05, 4.69) is 26.2 Å². The molecule has 0 fully saturated rings. The maximum absolute atomic E-state index is 12.0. The van der Waals surface area contributed by atoms with E-state index in [9.17, 15) is 9.59 Å². The van der Waals surface area contributed by atoms with Gasteiger partial charge in [-0.05, 0) is 52.7 Å². The van der Waals surface area contributed by atoms with Crippen LogP contribution < -0.4 is 5.32 Å². The number of carbonyl (C=O) groups is 2. The van der Waals surface area contributed by atoms with E-state index in [1.165, 1.54) is 11.3 Å². The van der Waals surface area contributed by atoms with Crippen LogP contribution in [0.4, 0.5) is 5.69 Å². The Kier molecular flexibility index (Phi) is 6.83. The number of anilines is 1. The fourth-order valence-electron chi connectivity index (χ4n) is 2.40. The number of nitrogens with zero attached hydrogens (tertiary/aromatic N) is 1. The largest absolute Gasteiger partial charge is 0.455 e. The molecule has 0 spiro atoms. The summed E-state index contributed by atoms with van der Waals surface area (Å²) >= 11 is 10.8. The van der Waals surface area contributed by atoms with Crippen LogP contribution >= 0.6 is 38.9 Å². The quantitative estimate of drug-likeness (QED) is 0.490. The minimum Gasteiger partial charge on any atom is -0.455 e. The van der Waals surface area contributed by atoms with Crippen LogP contribution in [-0.4, -0.2) is 23.5 Å². The number of hydrogen-bond donors (Lipinski definition) is 1. The van der Waals surface area contributed by atoms with E-state index >= 15 is 0 Å². The lowest BCUT2D eigenvalue weighted by Crippen LogP contribution is -2.21. The van der Waals surface area contributed by atoms with Gasteiger partial charge in [0.05, 0.1) is 17.8 Å². The highest BCUT2D eigenvalue weighted by molar-refractivity contribution is 9.10. The Morgan fingerprint density at radius 2 is 2.07 bits per heavy atom. The van der Waals surface area contributed by atoms with E-state index in [0.717, 1.165) is 20.6 Å². The number of halogens is 2. The minimum absolute atomic E-state index is 0.00142. The number of aryl methyl sites for hydroxylation is 1. The number of amides is 1. The van der Waals surface area contributed by atoms with Gasteiger partial charge >= 0.3 is 5.97 Å². The standard InChI is InChI=1S/C20H16BrClN2O3S/c1-12-5-6-17(16(21)7-12)24-18(25)10-27-19(26)9-15-11-28-20(23-15)13-3-2-4-14(22)8-13/h2-8,11H,9-10H2,1H3,(H,24,25). The van der Waals surface area contributed by atoms with Crippen molar-refractivity contribution < 1.29 is 14.3 Å². The molecule has 144 valence electrons. The predicted octanol–water partition coefficient (Wildman–Crippen LogP) is 5.26. The van der Waals surface area contributed by atoms with Gasteiger partial charge in [0.15, 0.2) is 6.61 Å². The van der Waals surface area contributed by atoms with Crippen LogP contribution in [0.1, 0.15) is 11.3 Å². The van der Waals surface area contributed by atoms with Crippen LogP contribution in [0.2, 0.25) is 5.02 Å². The number of rotatable bonds is 6. The summed E-state index contributed by atoms with van der Waals surface area (Å²) in [5.41, 5.74) is 3.17. The molecule has 0 bridgehead atoms. The molecule has 0 saturated heterocycles. The number of esters is 1. The summed E-state index contributed by atoms with van der Waals surface area (Å²) < 4.78 is 5.82. The Morgan fingerprint density at radius 1 is 1.25 bits per heavy atom. The number of thiazole rings is 1. The number of benzene rings is 2. The highest BCUT2D eigenvalue weighted by Crippen LogP contribution is 2.26. The van der Waals surface area contributed by atoms with Crippen molar-refractivity contribution in [2.75, 3.05) is 11.9 Å². The van der Waals surface area contributed by atoms with Crippen LogP contribution in [0, 0.1) is 6.92 Å². The first-order valence-electron chi connectivity index (χ1n) is 8.32. The second-order valence-corrected chi connectivity index (χ2v) is 8.17. The van der Waals surface area contributed by atoms with E-state index in [1.807, 2.05) is 37.3 Å². The summed E-state index contributed by atoms with van der Waals surface area (Å²) in [5.74, 6) is -0.920. The SMILES string of the molecule is Cc1ccc(NC(=O)COC(=O)Cc2csc(-c3cccc(Cl)c3)n2)c(Br)c1. The third-order valence-corrected chi connectivity index (χ3v) is 5.54. The topological polar surface area (TPSA) is 68.3 Å². The van der Waals surface area contributed by atoms with Gasteiger partial charge in [0, 0.05) is 20.4 Å². The third kappa shape index (κ3) is 5.64.